The molecule has 0 aliphatic heterocycles. The third-order valence-electron chi connectivity index (χ3n) is 1.30. The number of carbonyl (C=O) groups excluding carboxylic acids is 1. The summed E-state index contributed by atoms with van der Waals surface area (Å²) in [6, 6.07) is 3.61. The lowest BCUT2D eigenvalue weighted by Gasteiger charge is -2.00. The van der Waals surface area contributed by atoms with Crippen LogP contribution in [-0.2, 0) is 4.79 Å². The fourth-order valence-corrected chi connectivity index (χ4v) is 0.785. The van der Waals surface area contributed by atoms with Crippen molar-refractivity contribution >= 4 is 35.7 Å². The number of aromatic nitrogens is 1. The molecule has 0 aromatic carbocycles. The maximum absolute atomic E-state index is 10.8. The van der Waals surface area contributed by atoms with Crippen LogP contribution in [0.5, 0.6) is 0 Å². The van der Waals surface area contributed by atoms with Crippen molar-refractivity contribution in [3.63, 3.8) is 0 Å². The third kappa shape index (κ3) is 4.10. The maximum atomic E-state index is 10.8. The quantitative estimate of drug-likeness (QED) is 0.776. The van der Waals surface area contributed by atoms with Crippen molar-refractivity contribution in [2.24, 2.45) is 0 Å². The summed E-state index contributed by atoms with van der Waals surface area (Å²) in [4.78, 5) is 14.8. The van der Waals surface area contributed by atoms with Crippen molar-refractivity contribution < 1.29 is 4.79 Å². The van der Waals surface area contributed by atoms with Crippen molar-refractivity contribution in [2.45, 2.75) is 6.92 Å². The Labute approximate surface area is 87.9 Å². The molecule has 0 atom stereocenters. The van der Waals surface area contributed by atoms with Gasteiger partial charge in [-0.25, -0.2) is 4.98 Å². The van der Waals surface area contributed by atoms with Crippen LogP contribution in [0, 0.1) is 6.92 Å². The molecule has 1 aromatic rings. The van der Waals surface area contributed by atoms with Gasteiger partial charge in [-0.15, -0.1) is 24.0 Å². The Kier molecular flexibility index (Phi) is 5.42. The standard InChI is InChI=1S/C8H9ClN2O.ClH/c1-6-2-3-7(10-5-6)11-8(12)4-9;/h2-3,5H,4H2,1H3,(H,10,11,12);1H. The number of amides is 1. The van der Waals surface area contributed by atoms with Gasteiger partial charge in [0.1, 0.15) is 11.7 Å². The van der Waals surface area contributed by atoms with Gasteiger partial charge in [0.15, 0.2) is 0 Å². The Balaban J connectivity index is 0.00000144. The third-order valence-corrected chi connectivity index (χ3v) is 1.54. The minimum Gasteiger partial charge on any atom is -0.310 e. The molecule has 1 N–H and O–H groups in total. The van der Waals surface area contributed by atoms with E-state index in [4.69, 9.17) is 11.6 Å². The highest BCUT2D eigenvalue weighted by Crippen LogP contribution is 2.03. The first-order valence-electron chi connectivity index (χ1n) is 3.51. The number of anilines is 1. The lowest BCUT2D eigenvalue weighted by atomic mass is 10.3. The molecule has 5 heteroatoms. The van der Waals surface area contributed by atoms with E-state index >= 15 is 0 Å². The summed E-state index contributed by atoms with van der Waals surface area (Å²) < 4.78 is 0. The van der Waals surface area contributed by atoms with Gasteiger partial charge >= 0.3 is 0 Å². The molecule has 72 valence electrons. The second-order valence-corrected chi connectivity index (χ2v) is 2.67. The number of rotatable bonds is 2. The van der Waals surface area contributed by atoms with Crippen molar-refractivity contribution in [3.8, 4) is 0 Å². The number of hydrogen-bond acceptors (Lipinski definition) is 2. The SMILES string of the molecule is Cc1ccc(NC(=O)CCl)nc1.Cl. The number of hydrogen-bond donors (Lipinski definition) is 1. The van der Waals surface area contributed by atoms with E-state index in [1.807, 2.05) is 13.0 Å². The smallest absolute Gasteiger partial charge is 0.240 e. The van der Waals surface area contributed by atoms with E-state index in [-0.39, 0.29) is 24.2 Å². The fraction of sp³-hybridized carbons (Fsp3) is 0.250. The Morgan fingerprint density at radius 3 is 2.77 bits per heavy atom. The molecule has 1 rings (SSSR count). The van der Waals surface area contributed by atoms with Crippen LogP contribution >= 0.6 is 24.0 Å². The predicted octanol–water partition coefficient (Wildman–Crippen LogP) is 1.99. The van der Waals surface area contributed by atoms with Crippen LogP contribution in [0.3, 0.4) is 0 Å². The van der Waals surface area contributed by atoms with E-state index in [2.05, 4.69) is 10.3 Å². The molecule has 1 aromatic heterocycles. The zero-order chi connectivity index (χ0) is 8.97. The van der Waals surface area contributed by atoms with E-state index in [9.17, 15) is 4.79 Å². The largest absolute Gasteiger partial charge is 0.310 e. The van der Waals surface area contributed by atoms with Crippen molar-refractivity contribution in [1.29, 1.82) is 0 Å². The van der Waals surface area contributed by atoms with Gasteiger partial charge in [0.05, 0.1) is 0 Å². The average molecular weight is 221 g/mol. The molecule has 13 heavy (non-hydrogen) atoms. The molecule has 0 saturated heterocycles. The van der Waals surface area contributed by atoms with Crippen molar-refractivity contribution in [3.05, 3.63) is 23.9 Å². The van der Waals surface area contributed by atoms with Gasteiger partial charge in [-0.2, -0.15) is 0 Å². The summed E-state index contributed by atoms with van der Waals surface area (Å²) in [5.74, 6) is 0.245. The number of nitrogens with one attached hydrogen (secondary N) is 1. The fourth-order valence-electron chi connectivity index (χ4n) is 0.718. The zero-order valence-electron chi connectivity index (χ0n) is 7.08. The molecule has 0 aliphatic carbocycles. The number of halogens is 2. The molecular weight excluding hydrogens is 211 g/mol. The van der Waals surface area contributed by atoms with Crippen LogP contribution in [0.4, 0.5) is 5.82 Å². The second kappa shape index (κ2) is 5.78. The molecule has 0 aliphatic rings. The first-order chi connectivity index (χ1) is 5.72. The topological polar surface area (TPSA) is 42.0 Å². The van der Waals surface area contributed by atoms with Gasteiger partial charge < -0.3 is 5.32 Å². The van der Waals surface area contributed by atoms with Crippen molar-refractivity contribution in [2.75, 3.05) is 11.2 Å². The normalized spacial score (nSPS) is 8.77. The van der Waals surface area contributed by atoms with Crippen LogP contribution in [0.25, 0.3) is 0 Å². The average Bonchev–Trinajstić information content (AvgIpc) is 2.09. The first kappa shape index (κ1) is 12.2. The Hall–Kier alpha value is -0.800. The van der Waals surface area contributed by atoms with Crippen LogP contribution in [0.2, 0.25) is 0 Å². The van der Waals surface area contributed by atoms with E-state index in [1.54, 1.807) is 12.3 Å². The maximum Gasteiger partial charge on any atom is 0.240 e. The van der Waals surface area contributed by atoms with Gasteiger partial charge in [-0.1, -0.05) is 6.07 Å². The molecule has 3 nitrogen and oxygen atoms in total. The summed E-state index contributed by atoms with van der Waals surface area (Å²) >= 11 is 5.29. The second-order valence-electron chi connectivity index (χ2n) is 2.40. The zero-order valence-corrected chi connectivity index (χ0v) is 8.65. The number of alkyl halides is 1. The van der Waals surface area contributed by atoms with E-state index in [0.717, 1.165) is 5.56 Å². The highest BCUT2D eigenvalue weighted by Gasteiger charge is 1.99. The summed E-state index contributed by atoms with van der Waals surface area (Å²) in [5.41, 5.74) is 1.05. The number of nitrogens with zero attached hydrogens (tertiary/aromatic N) is 1. The summed E-state index contributed by atoms with van der Waals surface area (Å²) in [6.07, 6.45) is 1.68. The molecular formula is C8H10Cl2N2O. The van der Waals surface area contributed by atoms with E-state index < -0.39 is 0 Å². The van der Waals surface area contributed by atoms with Gasteiger partial charge in [-0.05, 0) is 18.6 Å². The number of carbonyl (C=O) groups is 1. The van der Waals surface area contributed by atoms with Crippen LogP contribution in [0.1, 0.15) is 5.56 Å². The molecule has 1 amide bonds. The highest BCUT2D eigenvalue weighted by molar-refractivity contribution is 6.28. The Morgan fingerprint density at radius 1 is 1.62 bits per heavy atom. The molecule has 0 fully saturated rings. The molecule has 0 unspecified atom stereocenters. The minimum atomic E-state index is -0.243. The van der Waals surface area contributed by atoms with Gasteiger partial charge in [0, 0.05) is 6.20 Å². The monoisotopic (exact) mass is 220 g/mol. The number of aryl methyl sites for hydroxylation is 1. The molecule has 1 heterocycles. The van der Waals surface area contributed by atoms with Gasteiger partial charge in [0.2, 0.25) is 5.91 Å². The van der Waals surface area contributed by atoms with Crippen molar-refractivity contribution in [1.82, 2.24) is 4.98 Å². The summed E-state index contributed by atoms with van der Waals surface area (Å²) in [6.45, 7) is 1.93. The van der Waals surface area contributed by atoms with Crippen LogP contribution < -0.4 is 5.32 Å². The van der Waals surface area contributed by atoms with Gasteiger partial charge in [0.25, 0.3) is 0 Å². The van der Waals surface area contributed by atoms with E-state index in [0.29, 0.717) is 5.82 Å². The molecule has 0 radical (unpaired) electrons. The lowest BCUT2D eigenvalue weighted by molar-refractivity contribution is -0.113. The Morgan fingerprint density at radius 2 is 2.31 bits per heavy atom. The van der Waals surface area contributed by atoms with Crippen LogP contribution in [0.15, 0.2) is 18.3 Å². The molecule has 0 bridgehead atoms. The minimum absolute atomic E-state index is 0. The first-order valence-corrected chi connectivity index (χ1v) is 4.04. The summed E-state index contributed by atoms with van der Waals surface area (Å²) in [5, 5.41) is 2.54. The highest BCUT2D eigenvalue weighted by atomic mass is 35.5. The van der Waals surface area contributed by atoms with Crippen LogP contribution in [-0.4, -0.2) is 16.8 Å². The lowest BCUT2D eigenvalue weighted by Crippen LogP contribution is -2.13. The van der Waals surface area contributed by atoms with E-state index in [1.165, 1.54) is 0 Å². The summed E-state index contributed by atoms with van der Waals surface area (Å²) in [7, 11) is 0. The Bertz CT molecular complexity index is 274. The molecule has 0 spiro atoms. The predicted molar refractivity (Wildman–Crippen MR) is 55.6 cm³/mol. The van der Waals surface area contributed by atoms with Gasteiger partial charge in [-0.3, -0.25) is 4.79 Å². The number of pyridine rings is 1. The molecule has 0 saturated carbocycles.